The summed E-state index contributed by atoms with van der Waals surface area (Å²) in [6.45, 7) is 12.1. The lowest BCUT2D eigenvalue weighted by molar-refractivity contribution is -0.127. The SMILES string of the molecule is C=C(NCC(=O)NC(C(N)=O)c1ccccc1)C(=C)C(CC1CC1)NC(=O)C(C)CCCC. The van der Waals surface area contributed by atoms with Crippen molar-refractivity contribution in [1.29, 1.82) is 0 Å². The van der Waals surface area contributed by atoms with E-state index in [1.807, 2.05) is 13.0 Å². The molecule has 0 aliphatic heterocycles. The highest BCUT2D eigenvalue weighted by molar-refractivity contribution is 5.88. The van der Waals surface area contributed by atoms with Gasteiger partial charge in [0, 0.05) is 11.6 Å². The average molecular weight is 455 g/mol. The van der Waals surface area contributed by atoms with Crippen molar-refractivity contribution in [2.24, 2.45) is 17.6 Å². The van der Waals surface area contributed by atoms with Crippen LogP contribution in [0.1, 0.15) is 64.0 Å². The molecule has 1 aliphatic rings. The standard InChI is InChI=1S/C26H38N4O3/c1-5-6-10-17(2)26(33)29-22(15-20-13-14-20)18(3)19(4)28-16-23(31)30-24(25(27)32)21-11-8-7-9-12-21/h7-9,11-12,17,20,22,24,28H,3-6,10,13-16H2,1-2H3,(H2,27,32)(H,29,33)(H,30,31). The van der Waals surface area contributed by atoms with Crippen LogP contribution in [0.15, 0.2) is 54.8 Å². The number of amides is 3. The number of carbonyl (C=O) groups is 3. The molecule has 0 bridgehead atoms. The topological polar surface area (TPSA) is 113 Å². The zero-order chi connectivity index (χ0) is 24.4. The molecular weight excluding hydrogens is 416 g/mol. The fourth-order valence-corrected chi connectivity index (χ4v) is 3.62. The van der Waals surface area contributed by atoms with Gasteiger partial charge in [-0.1, -0.05) is 83.0 Å². The Labute approximate surface area is 197 Å². The Morgan fingerprint density at radius 2 is 1.79 bits per heavy atom. The van der Waals surface area contributed by atoms with Crippen molar-refractivity contribution in [1.82, 2.24) is 16.0 Å². The molecule has 0 spiro atoms. The van der Waals surface area contributed by atoms with E-state index in [0.717, 1.165) is 38.5 Å². The second kappa shape index (κ2) is 12.8. The third-order valence-corrected chi connectivity index (χ3v) is 6.01. The van der Waals surface area contributed by atoms with Crippen LogP contribution in [0.5, 0.6) is 0 Å². The molecule has 1 aromatic rings. The number of primary amides is 1. The summed E-state index contributed by atoms with van der Waals surface area (Å²) in [6, 6.07) is 7.70. The fraction of sp³-hybridized carbons (Fsp3) is 0.500. The average Bonchev–Trinajstić information content (AvgIpc) is 3.62. The van der Waals surface area contributed by atoms with Gasteiger partial charge in [-0.2, -0.15) is 0 Å². The lowest BCUT2D eigenvalue weighted by Crippen LogP contribution is -2.43. The van der Waals surface area contributed by atoms with Gasteiger partial charge in [-0.25, -0.2) is 0 Å². The Balaban J connectivity index is 1.91. The van der Waals surface area contributed by atoms with Crippen molar-refractivity contribution < 1.29 is 14.4 Å². The minimum atomic E-state index is -0.913. The maximum absolute atomic E-state index is 12.7. The number of nitrogens with one attached hydrogen (secondary N) is 3. The molecule has 3 atom stereocenters. The quantitative estimate of drug-likeness (QED) is 0.305. The molecule has 3 amide bonds. The van der Waals surface area contributed by atoms with Gasteiger partial charge in [0.05, 0.1) is 12.6 Å². The summed E-state index contributed by atoms with van der Waals surface area (Å²) >= 11 is 0. The smallest absolute Gasteiger partial charge is 0.244 e. The van der Waals surface area contributed by atoms with Crippen LogP contribution >= 0.6 is 0 Å². The molecule has 7 heteroatoms. The highest BCUT2D eigenvalue weighted by Gasteiger charge is 2.29. The number of hydrogen-bond donors (Lipinski definition) is 4. The van der Waals surface area contributed by atoms with Crippen LogP contribution in [-0.4, -0.2) is 30.3 Å². The molecular formula is C26H38N4O3. The van der Waals surface area contributed by atoms with Gasteiger partial charge in [-0.05, 0) is 29.9 Å². The lowest BCUT2D eigenvalue weighted by atomic mass is 9.97. The Bertz CT molecular complexity index is 848. The molecule has 33 heavy (non-hydrogen) atoms. The van der Waals surface area contributed by atoms with E-state index in [1.165, 1.54) is 0 Å². The third kappa shape index (κ3) is 8.75. The highest BCUT2D eigenvalue weighted by atomic mass is 16.2. The molecule has 1 fully saturated rings. The van der Waals surface area contributed by atoms with Crippen LogP contribution in [-0.2, 0) is 14.4 Å². The Kier molecular flexibility index (Phi) is 10.2. The van der Waals surface area contributed by atoms with Crippen molar-refractivity contribution in [2.75, 3.05) is 6.54 Å². The first-order valence-electron chi connectivity index (χ1n) is 11.8. The summed E-state index contributed by atoms with van der Waals surface area (Å²) in [6.07, 6.45) is 6.05. The molecule has 1 aliphatic carbocycles. The Hall–Kier alpha value is -3.09. The first-order chi connectivity index (χ1) is 15.7. The minimum absolute atomic E-state index is 0.0213. The van der Waals surface area contributed by atoms with E-state index >= 15 is 0 Å². The summed E-state index contributed by atoms with van der Waals surface area (Å²) in [5, 5.41) is 8.76. The van der Waals surface area contributed by atoms with Crippen molar-refractivity contribution in [3.63, 3.8) is 0 Å². The van der Waals surface area contributed by atoms with E-state index in [0.29, 0.717) is 22.8 Å². The van der Waals surface area contributed by atoms with Gasteiger partial charge >= 0.3 is 0 Å². The number of nitrogens with two attached hydrogens (primary N) is 1. The van der Waals surface area contributed by atoms with Gasteiger partial charge in [0.15, 0.2) is 0 Å². The second-order valence-corrected chi connectivity index (χ2v) is 8.95. The van der Waals surface area contributed by atoms with Gasteiger partial charge in [0.1, 0.15) is 6.04 Å². The highest BCUT2D eigenvalue weighted by Crippen LogP contribution is 2.35. The molecule has 7 nitrogen and oxygen atoms in total. The molecule has 1 aromatic carbocycles. The number of hydrogen-bond acceptors (Lipinski definition) is 4. The van der Waals surface area contributed by atoms with Crippen LogP contribution in [0.4, 0.5) is 0 Å². The van der Waals surface area contributed by atoms with Gasteiger partial charge in [-0.3, -0.25) is 14.4 Å². The van der Waals surface area contributed by atoms with E-state index < -0.39 is 17.9 Å². The number of carbonyl (C=O) groups excluding carboxylic acids is 3. The first-order valence-corrected chi connectivity index (χ1v) is 11.8. The Morgan fingerprint density at radius 1 is 1.12 bits per heavy atom. The summed E-state index contributed by atoms with van der Waals surface area (Å²) in [7, 11) is 0. The van der Waals surface area contributed by atoms with Crippen LogP contribution in [0, 0.1) is 11.8 Å². The molecule has 1 saturated carbocycles. The van der Waals surface area contributed by atoms with Crippen molar-refractivity contribution in [2.45, 2.75) is 64.5 Å². The molecule has 5 N–H and O–H groups in total. The molecule has 2 rings (SSSR count). The van der Waals surface area contributed by atoms with Crippen molar-refractivity contribution in [3.8, 4) is 0 Å². The summed E-state index contributed by atoms with van der Waals surface area (Å²) in [5.74, 6) is -0.491. The number of rotatable bonds is 15. The van der Waals surface area contributed by atoms with Gasteiger partial charge in [0.25, 0.3) is 0 Å². The first kappa shape index (κ1) is 26.2. The molecule has 0 heterocycles. The number of benzene rings is 1. The van der Waals surface area contributed by atoms with Crippen LogP contribution in [0.3, 0.4) is 0 Å². The second-order valence-electron chi connectivity index (χ2n) is 8.95. The van der Waals surface area contributed by atoms with Gasteiger partial charge < -0.3 is 21.7 Å². The Morgan fingerprint density at radius 3 is 2.36 bits per heavy atom. The van der Waals surface area contributed by atoms with E-state index in [-0.39, 0.29) is 24.4 Å². The molecule has 0 radical (unpaired) electrons. The maximum Gasteiger partial charge on any atom is 0.244 e. The van der Waals surface area contributed by atoms with Gasteiger partial charge in [0.2, 0.25) is 17.7 Å². The van der Waals surface area contributed by atoms with Gasteiger partial charge in [-0.15, -0.1) is 0 Å². The number of unbranched alkanes of at least 4 members (excludes halogenated alkanes) is 1. The minimum Gasteiger partial charge on any atom is -0.376 e. The monoisotopic (exact) mass is 454 g/mol. The summed E-state index contributed by atoms with van der Waals surface area (Å²) < 4.78 is 0. The molecule has 0 saturated heterocycles. The summed E-state index contributed by atoms with van der Waals surface area (Å²) in [5.41, 5.74) is 7.25. The van der Waals surface area contributed by atoms with E-state index in [4.69, 9.17) is 5.73 Å². The summed E-state index contributed by atoms with van der Waals surface area (Å²) in [4.78, 5) is 36.9. The third-order valence-electron chi connectivity index (χ3n) is 6.01. The normalized spacial score (nSPS) is 15.6. The fourth-order valence-electron chi connectivity index (χ4n) is 3.62. The van der Waals surface area contributed by atoms with E-state index in [1.54, 1.807) is 24.3 Å². The van der Waals surface area contributed by atoms with E-state index in [9.17, 15) is 14.4 Å². The predicted octanol–water partition coefficient (Wildman–Crippen LogP) is 3.10. The van der Waals surface area contributed by atoms with Crippen LogP contribution in [0.2, 0.25) is 0 Å². The maximum atomic E-state index is 12.7. The zero-order valence-electron chi connectivity index (χ0n) is 19.9. The molecule has 180 valence electrons. The predicted molar refractivity (Wildman–Crippen MR) is 131 cm³/mol. The van der Waals surface area contributed by atoms with Crippen LogP contribution < -0.4 is 21.7 Å². The van der Waals surface area contributed by atoms with Crippen molar-refractivity contribution in [3.05, 3.63) is 60.3 Å². The largest absolute Gasteiger partial charge is 0.376 e. The zero-order valence-corrected chi connectivity index (χ0v) is 19.9. The van der Waals surface area contributed by atoms with Crippen LogP contribution in [0.25, 0.3) is 0 Å². The van der Waals surface area contributed by atoms with E-state index in [2.05, 4.69) is 36.0 Å². The molecule has 3 unspecified atom stereocenters. The lowest BCUT2D eigenvalue weighted by Gasteiger charge is -2.25. The molecule has 0 aromatic heterocycles. The van der Waals surface area contributed by atoms with Crippen molar-refractivity contribution >= 4 is 17.7 Å².